The minimum Gasteiger partial charge on any atom is -0.455 e. The van der Waals surface area contributed by atoms with Crippen molar-refractivity contribution in [1.82, 2.24) is 0 Å². The van der Waals surface area contributed by atoms with E-state index in [0.29, 0.717) is 0 Å². The average molecular weight is 602 g/mol. The van der Waals surface area contributed by atoms with Crippen LogP contribution in [0.4, 0.5) is 17.1 Å². The van der Waals surface area contributed by atoms with Crippen molar-refractivity contribution >= 4 is 82.5 Å². The summed E-state index contributed by atoms with van der Waals surface area (Å²) >= 11 is 0. The van der Waals surface area contributed by atoms with E-state index in [1.54, 1.807) is 0 Å². The molecule has 3 heteroatoms. The Labute approximate surface area is 270 Å². The Bertz CT molecular complexity index is 2780. The Kier molecular flexibility index (Phi) is 5.57. The summed E-state index contributed by atoms with van der Waals surface area (Å²) < 4.78 is 13.5. The summed E-state index contributed by atoms with van der Waals surface area (Å²) in [5.74, 6) is 0. The van der Waals surface area contributed by atoms with Crippen LogP contribution in [-0.2, 0) is 0 Å². The van der Waals surface area contributed by atoms with E-state index in [9.17, 15) is 0 Å². The number of furan rings is 2. The molecule has 220 valence electrons. The number of anilines is 3. The highest BCUT2D eigenvalue weighted by Crippen LogP contribution is 2.46. The molecule has 0 aliphatic heterocycles. The molecule has 0 atom stereocenters. The van der Waals surface area contributed by atoms with Crippen LogP contribution in [0.5, 0.6) is 0 Å². The van der Waals surface area contributed by atoms with Crippen molar-refractivity contribution in [2.75, 3.05) is 4.90 Å². The van der Waals surface area contributed by atoms with Crippen molar-refractivity contribution in [3.05, 3.63) is 164 Å². The molecule has 0 aliphatic rings. The topological polar surface area (TPSA) is 29.5 Å². The zero-order chi connectivity index (χ0) is 30.9. The fourth-order valence-electron chi connectivity index (χ4n) is 7.28. The lowest BCUT2D eigenvalue weighted by molar-refractivity contribution is 0.664. The van der Waals surface area contributed by atoms with Crippen molar-refractivity contribution in [2.45, 2.75) is 0 Å². The second-order valence-electron chi connectivity index (χ2n) is 12.1. The lowest BCUT2D eigenvalue weighted by Crippen LogP contribution is -2.10. The van der Waals surface area contributed by atoms with Crippen LogP contribution in [0.1, 0.15) is 0 Å². The molecule has 0 amide bonds. The lowest BCUT2D eigenvalue weighted by Gasteiger charge is -2.25. The quantitative estimate of drug-likeness (QED) is 0.201. The molecular formula is C44H27NO2. The molecule has 0 spiro atoms. The van der Waals surface area contributed by atoms with Crippen molar-refractivity contribution in [2.24, 2.45) is 0 Å². The number of benzene rings is 8. The van der Waals surface area contributed by atoms with Gasteiger partial charge >= 0.3 is 0 Å². The third-order valence-corrected chi connectivity index (χ3v) is 9.45. The van der Waals surface area contributed by atoms with Gasteiger partial charge in [0.15, 0.2) is 5.58 Å². The minimum atomic E-state index is 0.808. The Hall–Kier alpha value is -6.32. The molecule has 0 unspecified atom stereocenters. The fraction of sp³-hybridized carbons (Fsp3) is 0. The Morgan fingerprint density at radius 1 is 0.362 bits per heavy atom. The van der Waals surface area contributed by atoms with Gasteiger partial charge in [0.2, 0.25) is 0 Å². The predicted octanol–water partition coefficient (Wildman–Crippen LogP) is 12.9. The largest absolute Gasteiger partial charge is 0.455 e. The highest BCUT2D eigenvalue weighted by atomic mass is 16.3. The summed E-state index contributed by atoms with van der Waals surface area (Å²) in [6.45, 7) is 0. The van der Waals surface area contributed by atoms with Crippen LogP contribution in [0, 0.1) is 0 Å². The van der Waals surface area contributed by atoms with E-state index in [4.69, 9.17) is 8.83 Å². The van der Waals surface area contributed by atoms with Gasteiger partial charge in [-0.1, -0.05) is 115 Å². The van der Waals surface area contributed by atoms with Crippen LogP contribution in [0.3, 0.4) is 0 Å². The normalized spacial score (nSPS) is 11.8. The average Bonchev–Trinajstić information content (AvgIpc) is 3.72. The first-order valence-corrected chi connectivity index (χ1v) is 15.9. The van der Waals surface area contributed by atoms with Gasteiger partial charge in [0, 0.05) is 32.9 Å². The molecule has 2 aromatic heterocycles. The van der Waals surface area contributed by atoms with Gasteiger partial charge in [0.05, 0.1) is 11.1 Å². The van der Waals surface area contributed by atoms with E-state index in [1.165, 1.54) is 27.3 Å². The number of para-hydroxylation sites is 2. The monoisotopic (exact) mass is 601 g/mol. The van der Waals surface area contributed by atoms with E-state index in [1.807, 2.05) is 0 Å². The predicted molar refractivity (Wildman–Crippen MR) is 196 cm³/mol. The van der Waals surface area contributed by atoms with Crippen molar-refractivity contribution in [3.63, 3.8) is 0 Å². The third kappa shape index (κ3) is 3.93. The van der Waals surface area contributed by atoms with Crippen LogP contribution >= 0.6 is 0 Å². The van der Waals surface area contributed by atoms with E-state index in [-0.39, 0.29) is 0 Å². The summed E-state index contributed by atoms with van der Waals surface area (Å²) in [6, 6.07) is 57.7. The highest BCUT2D eigenvalue weighted by molar-refractivity contribution is 6.25. The van der Waals surface area contributed by atoms with Gasteiger partial charge in [-0.3, -0.25) is 0 Å². The molecule has 0 bridgehead atoms. The van der Waals surface area contributed by atoms with E-state index >= 15 is 0 Å². The number of hydrogen-bond donors (Lipinski definition) is 0. The first kappa shape index (κ1) is 26.0. The van der Waals surface area contributed by atoms with Gasteiger partial charge in [-0.25, -0.2) is 0 Å². The summed E-state index contributed by atoms with van der Waals surface area (Å²) in [5.41, 5.74) is 8.88. The van der Waals surface area contributed by atoms with Crippen LogP contribution in [0.25, 0.3) is 76.5 Å². The Balaban J connectivity index is 1.18. The number of hydrogen-bond acceptors (Lipinski definition) is 3. The van der Waals surface area contributed by atoms with Crippen molar-refractivity contribution < 1.29 is 8.83 Å². The number of nitrogens with zero attached hydrogens (tertiary/aromatic N) is 1. The second kappa shape index (κ2) is 10.1. The van der Waals surface area contributed by atoms with Crippen LogP contribution < -0.4 is 4.90 Å². The molecule has 0 aliphatic carbocycles. The Morgan fingerprint density at radius 3 is 1.85 bits per heavy atom. The zero-order valence-corrected chi connectivity index (χ0v) is 25.4. The minimum absolute atomic E-state index is 0.808. The maximum atomic E-state index is 6.74. The van der Waals surface area contributed by atoms with Crippen LogP contribution in [0.15, 0.2) is 173 Å². The van der Waals surface area contributed by atoms with Crippen LogP contribution in [0.2, 0.25) is 0 Å². The molecule has 10 rings (SSSR count). The van der Waals surface area contributed by atoms with Gasteiger partial charge < -0.3 is 13.7 Å². The van der Waals surface area contributed by atoms with Gasteiger partial charge in [-0.15, -0.1) is 0 Å². The molecule has 10 aromatic rings. The molecule has 0 radical (unpaired) electrons. The Morgan fingerprint density at radius 2 is 1.00 bits per heavy atom. The van der Waals surface area contributed by atoms with Crippen molar-refractivity contribution in [3.8, 4) is 11.1 Å². The molecule has 0 N–H and O–H groups in total. The third-order valence-electron chi connectivity index (χ3n) is 9.45. The van der Waals surface area contributed by atoms with E-state index in [0.717, 1.165) is 66.3 Å². The summed E-state index contributed by atoms with van der Waals surface area (Å²) in [7, 11) is 0. The zero-order valence-electron chi connectivity index (χ0n) is 25.4. The first-order valence-electron chi connectivity index (χ1n) is 15.9. The van der Waals surface area contributed by atoms with Crippen LogP contribution in [-0.4, -0.2) is 0 Å². The molecule has 3 nitrogen and oxygen atoms in total. The molecule has 0 fully saturated rings. The summed E-state index contributed by atoms with van der Waals surface area (Å²) in [4.78, 5) is 2.28. The first-order chi connectivity index (χ1) is 23.3. The molecule has 2 heterocycles. The van der Waals surface area contributed by atoms with E-state index < -0.39 is 0 Å². The maximum absolute atomic E-state index is 6.74. The second-order valence-corrected chi connectivity index (χ2v) is 12.1. The summed E-state index contributed by atoms with van der Waals surface area (Å²) in [6.07, 6.45) is 0. The van der Waals surface area contributed by atoms with Gasteiger partial charge in [-0.05, 0) is 75.8 Å². The number of fused-ring (bicyclic) bond motifs is 10. The van der Waals surface area contributed by atoms with Gasteiger partial charge in [-0.2, -0.15) is 0 Å². The highest BCUT2D eigenvalue weighted by Gasteiger charge is 2.22. The standard InChI is InChI=1S/C44H27NO2/c1-2-13-31(14-3-1)45(32-23-20-30(21-24-32)34-17-8-12-28-10-4-6-15-33(28)34)39-19-9-18-38-41-40(46-43(38)39)27-26-37-36-25-22-29-11-5-7-16-35(29)42(36)47-44(37)41/h1-27H. The van der Waals surface area contributed by atoms with Gasteiger partial charge in [0.25, 0.3) is 0 Å². The molecule has 8 aromatic carbocycles. The fourth-order valence-corrected chi connectivity index (χ4v) is 7.28. The lowest BCUT2D eigenvalue weighted by atomic mass is 9.98. The van der Waals surface area contributed by atoms with E-state index in [2.05, 4.69) is 169 Å². The summed E-state index contributed by atoms with van der Waals surface area (Å²) in [5, 5.41) is 9.00. The van der Waals surface area contributed by atoms with Crippen molar-refractivity contribution in [1.29, 1.82) is 0 Å². The number of rotatable bonds is 4. The maximum Gasteiger partial charge on any atom is 0.159 e. The molecular weight excluding hydrogens is 574 g/mol. The SMILES string of the molecule is c1ccc(N(c2ccc(-c3cccc4ccccc34)cc2)c2cccc3c2oc2ccc4c5ccc6ccccc6c5oc4c23)cc1. The van der Waals surface area contributed by atoms with Gasteiger partial charge in [0.1, 0.15) is 16.7 Å². The molecule has 47 heavy (non-hydrogen) atoms. The smallest absolute Gasteiger partial charge is 0.159 e. The molecule has 0 saturated heterocycles. The molecule has 0 saturated carbocycles.